The van der Waals surface area contributed by atoms with Crippen molar-refractivity contribution in [3.8, 4) is 0 Å². The molecule has 202 valence electrons. The Kier molecular flexibility index (Phi) is 8.19. The predicted octanol–water partition coefficient (Wildman–Crippen LogP) is 3.43. The van der Waals surface area contributed by atoms with E-state index >= 15 is 0 Å². The molecule has 37 heavy (non-hydrogen) atoms. The summed E-state index contributed by atoms with van der Waals surface area (Å²) >= 11 is 0. The number of hydroxylamine groups is 1. The van der Waals surface area contributed by atoms with Gasteiger partial charge in [-0.3, -0.25) is 9.69 Å². The quantitative estimate of drug-likeness (QED) is 0.579. The van der Waals surface area contributed by atoms with Crippen LogP contribution in [0.25, 0.3) is 11.0 Å². The number of halogens is 2. The van der Waals surface area contributed by atoms with E-state index in [4.69, 9.17) is 14.1 Å². The molecule has 0 bridgehead atoms. The van der Waals surface area contributed by atoms with Crippen LogP contribution < -0.4 is 10.4 Å². The van der Waals surface area contributed by atoms with Crippen molar-refractivity contribution in [1.29, 1.82) is 0 Å². The standard InChI is InChI=1S/C26H34F2N4O5/c27-21-15-20-23(16-22(21)28)36-29-24(20)32-11-9-31(10-12-32)8-5-17-1-3-18(4-2-17)25(33)30-37-26(34)19-6-13-35-14-7-19/h15-19H,1-14H2,(H,30,33). The number of carbonyl (C=O) groups excluding carboxylic acids is 2. The van der Waals surface area contributed by atoms with Gasteiger partial charge in [-0.25, -0.2) is 13.6 Å². The summed E-state index contributed by atoms with van der Waals surface area (Å²) in [6.07, 6.45) is 5.91. The number of hydrogen-bond acceptors (Lipinski definition) is 8. The molecule has 0 unspecified atom stereocenters. The topological polar surface area (TPSA) is 97.1 Å². The van der Waals surface area contributed by atoms with Gasteiger partial charge in [-0.15, -0.1) is 0 Å². The van der Waals surface area contributed by atoms with Crippen molar-refractivity contribution in [3.63, 3.8) is 0 Å². The minimum Gasteiger partial charge on any atom is -0.381 e. The third kappa shape index (κ3) is 6.20. The zero-order valence-corrected chi connectivity index (χ0v) is 20.9. The Bertz CT molecular complexity index is 1090. The highest BCUT2D eigenvalue weighted by atomic mass is 19.2. The second-order valence-corrected chi connectivity index (χ2v) is 10.4. The first kappa shape index (κ1) is 25.8. The molecule has 0 radical (unpaired) electrons. The molecule has 3 heterocycles. The van der Waals surface area contributed by atoms with E-state index in [1.807, 2.05) is 0 Å². The number of aromatic nitrogens is 1. The summed E-state index contributed by atoms with van der Waals surface area (Å²) in [5.74, 6) is -1.59. The first-order valence-corrected chi connectivity index (χ1v) is 13.3. The summed E-state index contributed by atoms with van der Waals surface area (Å²) in [6.45, 7) is 5.27. The molecule has 2 saturated heterocycles. The van der Waals surface area contributed by atoms with Crippen molar-refractivity contribution in [3.05, 3.63) is 23.8 Å². The van der Waals surface area contributed by atoms with Crippen LogP contribution in [-0.4, -0.2) is 67.9 Å². The summed E-state index contributed by atoms with van der Waals surface area (Å²) in [6, 6.07) is 2.19. The van der Waals surface area contributed by atoms with Gasteiger partial charge >= 0.3 is 5.97 Å². The zero-order valence-electron chi connectivity index (χ0n) is 20.9. The highest BCUT2D eigenvalue weighted by Gasteiger charge is 2.29. The molecule has 0 spiro atoms. The molecule has 9 nitrogen and oxygen atoms in total. The number of fused-ring (bicyclic) bond motifs is 1. The van der Waals surface area contributed by atoms with Gasteiger partial charge in [0.1, 0.15) is 0 Å². The normalized spacial score (nSPS) is 23.8. The van der Waals surface area contributed by atoms with Gasteiger partial charge in [0.15, 0.2) is 23.0 Å². The number of nitrogens with one attached hydrogen (secondary N) is 1. The van der Waals surface area contributed by atoms with Crippen LogP contribution in [0.4, 0.5) is 14.6 Å². The van der Waals surface area contributed by atoms with E-state index in [0.29, 0.717) is 43.2 Å². The first-order valence-electron chi connectivity index (χ1n) is 13.3. The summed E-state index contributed by atoms with van der Waals surface area (Å²) in [5, 5.41) is 4.54. The highest BCUT2D eigenvalue weighted by Crippen LogP contribution is 2.32. The molecule has 3 aliphatic rings. The Labute approximate surface area is 214 Å². The molecule has 1 aromatic carbocycles. The summed E-state index contributed by atoms with van der Waals surface area (Å²) in [4.78, 5) is 34.1. The molecule has 1 saturated carbocycles. The third-order valence-corrected chi connectivity index (χ3v) is 8.04. The lowest BCUT2D eigenvalue weighted by Crippen LogP contribution is -2.47. The minimum absolute atomic E-state index is 0.113. The monoisotopic (exact) mass is 520 g/mol. The number of carbonyl (C=O) groups is 2. The molecular weight excluding hydrogens is 486 g/mol. The molecule has 1 aromatic heterocycles. The van der Waals surface area contributed by atoms with Crippen LogP contribution in [0.2, 0.25) is 0 Å². The van der Waals surface area contributed by atoms with Crippen molar-refractivity contribution in [2.75, 3.05) is 50.8 Å². The van der Waals surface area contributed by atoms with Crippen molar-refractivity contribution in [2.24, 2.45) is 17.8 Å². The Morgan fingerprint density at radius 1 is 0.973 bits per heavy atom. The number of anilines is 1. The lowest BCUT2D eigenvalue weighted by molar-refractivity contribution is -0.166. The molecule has 3 fully saturated rings. The van der Waals surface area contributed by atoms with Gasteiger partial charge in [0, 0.05) is 51.4 Å². The van der Waals surface area contributed by atoms with E-state index in [2.05, 4.69) is 20.4 Å². The van der Waals surface area contributed by atoms with Gasteiger partial charge in [0.2, 0.25) is 0 Å². The molecule has 11 heteroatoms. The average Bonchev–Trinajstić information content (AvgIpc) is 3.34. The van der Waals surface area contributed by atoms with Crippen molar-refractivity contribution in [2.45, 2.75) is 44.9 Å². The first-order chi connectivity index (χ1) is 18.0. The van der Waals surface area contributed by atoms with E-state index in [-0.39, 0.29) is 29.3 Å². The number of benzene rings is 1. The highest BCUT2D eigenvalue weighted by molar-refractivity contribution is 5.88. The molecule has 1 aliphatic carbocycles. The van der Waals surface area contributed by atoms with Gasteiger partial charge in [0.05, 0.1) is 11.3 Å². The van der Waals surface area contributed by atoms with E-state index in [0.717, 1.165) is 77.0 Å². The Balaban J connectivity index is 0.999. The van der Waals surface area contributed by atoms with E-state index in [1.165, 1.54) is 0 Å². The summed E-state index contributed by atoms with van der Waals surface area (Å²) in [7, 11) is 0. The van der Waals surface area contributed by atoms with Gasteiger partial charge in [-0.2, -0.15) is 5.48 Å². The number of rotatable bonds is 6. The SMILES string of the molecule is O=C(NOC(=O)C1CCOCC1)C1CCC(CCN2CCN(c3noc4cc(F)c(F)cc34)CC2)CC1. The molecule has 0 atom stereocenters. The molecule has 5 rings (SSSR count). The second kappa shape index (κ2) is 11.7. The van der Waals surface area contributed by atoms with Crippen LogP contribution in [-0.2, 0) is 19.2 Å². The maximum absolute atomic E-state index is 13.7. The number of ether oxygens (including phenoxy) is 1. The van der Waals surface area contributed by atoms with Crippen molar-refractivity contribution >= 4 is 28.7 Å². The Morgan fingerprint density at radius 2 is 1.68 bits per heavy atom. The number of amides is 1. The van der Waals surface area contributed by atoms with Crippen LogP contribution in [0.3, 0.4) is 0 Å². The molecule has 2 aliphatic heterocycles. The van der Waals surface area contributed by atoms with Crippen LogP contribution in [0, 0.1) is 29.4 Å². The van der Waals surface area contributed by atoms with Crippen LogP contribution in [0.15, 0.2) is 16.7 Å². The van der Waals surface area contributed by atoms with E-state index in [9.17, 15) is 18.4 Å². The number of hydrogen-bond donors (Lipinski definition) is 1. The van der Waals surface area contributed by atoms with Crippen LogP contribution in [0.1, 0.15) is 44.9 Å². The second-order valence-electron chi connectivity index (χ2n) is 10.4. The van der Waals surface area contributed by atoms with Gasteiger partial charge in [-0.1, -0.05) is 5.16 Å². The predicted molar refractivity (Wildman–Crippen MR) is 130 cm³/mol. The van der Waals surface area contributed by atoms with Crippen molar-refractivity contribution < 1.29 is 32.5 Å². The molecule has 1 amide bonds. The Morgan fingerprint density at radius 3 is 2.41 bits per heavy atom. The van der Waals surface area contributed by atoms with Crippen LogP contribution in [0.5, 0.6) is 0 Å². The Hall–Kier alpha value is -2.79. The maximum atomic E-state index is 13.7. The van der Waals surface area contributed by atoms with Crippen LogP contribution >= 0.6 is 0 Å². The van der Waals surface area contributed by atoms with Gasteiger partial charge in [-0.05, 0) is 63.5 Å². The summed E-state index contributed by atoms with van der Waals surface area (Å²) < 4.78 is 37.6. The fourth-order valence-corrected chi connectivity index (χ4v) is 5.61. The summed E-state index contributed by atoms with van der Waals surface area (Å²) in [5.41, 5.74) is 2.64. The average molecular weight is 521 g/mol. The molecule has 2 aromatic rings. The number of nitrogens with zero attached hydrogens (tertiary/aromatic N) is 3. The zero-order chi connectivity index (χ0) is 25.8. The molecular formula is C26H34F2N4O5. The maximum Gasteiger partial charge on any atom is 0.335 e. The fraction of sp³-hybridized carbons (Fsp3) is 0.654. The molecule has 1 N–H and O–H groups in total. The van der Waals surface area contributed by atoms with Gasteiger partial charge < -0.3 is 19.0 Å². The van der Waals surface area contributed by atoms with E-state index in [1.54, 1.807) is 0 Å². The largest absolute Gasteiger partial charge is 0.381 e. The van der Waals surface area contributed by atoms with E-state index < -0.39 is 11.6 Å². The lowest BCUT2D eigenvalue weighted by atomic mass is 9.80. The third-order valence-electron chi connectivity index (χ3n) is 8.04. The lowest BCUT2D eigenvalue weighted by Gasteiger charge is -2.36. The smallest absolute Gasteiger partial charge is 0.335 e. The fourth-order valence-electron chi connectivity index (χ4n) is 5.61. The minimum atomic E-state index is -0.941. The number of piperazine rings is 1. The van der Waals surface area contributed by atoms with Crippen molar-refractivity contribution in [1.82, 2.24) is 15.5 Å². The van der Waals surface area contributed by atoms with Gasteiger partial charge in [0.25, 0.3) is 5.91 Å².